The number of hydrogen-bond acceptors (Lipinski definition) is 4. The Kier molecular flexibility index (Phi) is 4.91. The molecule has 0 unspecified atom stereocenters. The second-order valence-electron chi connectivity index (χ2n) is 6.76. The zero-order valence-electron chi connectivity index (χ0n) is 14.8. The largest absolute Gasteiger partial charge is 0.310 e. The van der Waals surface area contributed by atoms with Crippen molar-refractivity contribution in [1.29, 1.82) is 0 Å². The molecule has 1 aliphatic rings. The van der Waals surface area contributed by atoms with Crippen molar-refractivity contribution in [1.82, 2.24) is 4.98 Å². The van der Waals surface area contributed by atoms with Gasteiger partial charge in [-0.05, 0) is 54.8 Å². The van der Waals surface area contributed by atoms with E-state index in [0.29, 0.717) is 16.5 Å². The third-order valence-corrected chi connectivity index (χ3v) is 5.92. The highest BCUT2D eigenvalue weighted by atomic mass is 35.5. The molecule has 0 aliphatic heterocycles. The Morgan fingerprint density at radius 3 is 2.25 bits per heavy atom. The highest BCUT2D eigenvalue weighted by Gasteiger charge is 2.51. The van der Waals surface area contributed by atoms with Gasteiger partial charge in [0.25, 0.3) is 0 Å². The zero-order chi connectivity index (χ0) is 19.7. The van der Waals surface area contributed by atoms with Gasteiger partial charge in [0.15, 0.2) is 10.7 Å². The van der Waals surface area contributed by atoms with E-state index in [1.165, 1.54) is 12.1 Å². The summed E-state index contributed by atoms with van der Waals surface area (Å²) >= 11 is 5.95. The monoisotopic (exact) mass is 412 g/mol. The van der Waals surface area contributed by atoms with Crippen molar-refractivity contribution in [3.63, 3.8) is 0 Å². The van der Waals surface area contributed by atoms with Crippen molar-refractivity contribution in [2.24, 2.45) is 0 Å². The van der Waals surface area contributed by atoms with Crippen LogP contribution in [0.25, 0.3) is 11.3 Å². The van der Waals surface area contributed by atoms with E-state index in [-0.39, 0.29) is 10.8 Å². The highest BCUT2D eigenvalue weighted by molar-refractivity contribution is 7.72. The molecule has 0 saturated heterocycles. The molecule has 2 aromatic carbocycles. The Morgan fingerprint density at radius 1 is 0.964 bits per heavy atom. The van der Waals surface area contributed by atoms with Gasteiger partial charge in [-0.2, -0.15) is 0 Å². The van der Waals surface area contributed by atoms with Crippen LogP contribution in [0.3, 0.4) is 0 Å². The Hall–Kier alpha value is -2.70. The predicted molar refractivity (Wildman–Crippen MR) is 109 cm³/mol. The van der Waals surface area contributed by atoms with Crippen molar-refractivity contribution in [2.45, 2.75) is 23.2 Å². The van der Waals surface area contributed by atoms with Crippen LogP contribution >= 0.6 is 11.6 Å². The molecule has 142 valence electrons. The molecule has 1 amide bonds. The van der Waals surface area contributed by atoms with E-state index in [0.717, 1.165) is 24.0 Å². The van der Waals surface area contributed by atoms with Gasteiger partial charge in [-0.15, -0.1) is 0 Å². The summed E-state index contributed by atoms with van der Waals surface area (Å²) in [7, 11) is -2.61. The third kappa shape index (κ3) is 3.66. The lowest BCUT2D eigenvalue weighted by Gasteiger charge is -2.16. The molecule has 1 N–H and O–H groups in total. The van der Waals surface area contributed by atoms with Crippen LogP contribution in [0.15, 0.2) is 71.6 Å². The number of thiol groups is 1. The number of carbonyl (C=O) groups excluding carboxylic acids is 1. The molecule has 4 rings (SSSR count). The topological polar surface area (TPSA) is 76.1 Å². The van der Waals surface area contributed by atoms with E-state index in [4.69, 9.17) is 11.6 Å². The first kappa shape index (κ1) is 18.7. The quantitative estimate of drug-likeness (QED) is 0.620. The molecule has 1 heterocycles. The fourth-order valence-corrected chi connectivity index (χ4v) is 3.71. The number of amides is 1. The minimum Gasteiger partial charge on any atom is -0.310 e. The van der Waals surface area contributed by atoms with Gasteiger partial charge in [0.2, 0.25) is 5.91 Å². The summed E-state index contributed by atoms with van der Waals surface area (Å²) in [6.07, 6.45) is 1.57. The summed E-state index contributed by atoms with van der Waals surface area (Å²) in [6.45, 7) is 0. The van der Waals surface area contributed by atoms with Crippen LogP contribution in [0, 0.1) is 0 Å². The van der Waals surface area contributed by atoms with Crippen molar-refractivity contribution in [3.8, 4) is 11.3 Å². The first-order chi connectivity index (χ1) is 13.5. The standard InChI is InChI=1S/C21H17ClN2O3S/c22-16-8-6-15(7-9-16)21(12-13-21)20(25)24-19-3-1-2-18(23-19)14-4-10-17(11-5-14)28(26)27/h1-11,28H,12-13H2,(H,23,24,25). The maximum Gasteiger partial charge on any atom is 0.236 e. The lowest BCUT2D eigenvalue weighted by atomic mass is 9.95. The molecule has 0 atom stereocenters. The molecule has 28 heavy (non-hydrogen) atoms. The number of rotatable bonds is 5. The highest BCUT2D eigenvalue weighted by Crippen LogP contribution is 2.49. The van der Waals surface area contributed by atoms with Crippen molar-refractivity contribution >= 4 is 34.0 Å². The Labute approximate surface area is 169 Å². The Morgan fingerprint density at radius 2 is 1.64 bits per heavy atom. The van der Waals surface area contributed by atoms with Gasteiger partial charge >= 0.3 is 0 Å². The lowest BCUT2D eigenvalue weighted by molar-refractivity contribution is -0.118. The summed E-state index contributed by atoms with van der Waals surface area (Å²) in [4.78, 5) is 17.7. The number of halogens is 1. The maximum absolute atomic E-state index is 12.9. The minimum atomic E-state index is -2.61. The van der Waals surface area contributed by atoms with Gasteiger partial charge in [0, 0.05) is 10.6 Å². The molecular formula is C21H17ClN2O3S. The second-order valence-corrected chi connectivity index (χ2v) is 8.22. The van der Waals surface area contributed by atoms with Crippen LogP contribution < -0.4 is 5.32 Å². The summed E-state index contributed by atoms with van der Waals surface area (Å²) in [5.74, 6) is 0.375. The van der Waals surface area contributed by atoms with Gasteiger partial charge in [-0.1, -0.05) is 41.9 Å². The SMILES string of the molecule is O=C(Nc1cccc(-c2ccc([SH](=O)=O)cc2)n1)C1(c2ccc(Cl)cc2)CC1. The first-order valence-electron chi connectivity index (χ1n) is 8.77. The van der Waals surface area contributed by atoms with Crippen LogP contribution in [0.5, 0.6) is 0 Å². The van der Waals surface area contributed by atoms with Gasteiger partial charge in [-0.3, -0.25) is 4.79 Å². The van der Waals surface area contributed by atoms with E-state index in [1.807, 2.05) is 24.3 Å². The molecule has 0 radical (unpaired) electrons. The van der Waals surface area contributed by atoms with Crippen LogP contribution in [-0.2, 0) is 20.9 Å². The molecule has 5 nitrogen and oxygen atoms in total. The van der Waals surface area contributed by atoms with Gasteiger partial charge in [-0.25, -0.2) is 13.4 Å². The van der Waals surface area contributed by atoms with Crippen LogP contribution in [0.4, 0.5) is 5.82 Å². The molecule has 1 aromatic heterocycles. The van der Waals surface area contributed by atoms with Crippen molar-refractivity contribution < 1.29 is 13.2 Å². The van der Waals surface area contributed by atoms with E-state index in [2.05, 4.69) is 10.3 Å². The number of carbonyl (C=O) groups is 1. The van der Waals surface area contributed by atoms with Crippen molar-refractivity contribution in [2.75, 3.05) is 5.32 Å². The molecule has 0 spiro atoms. The number of aromatic nitrogens is 1. The molecule has 1 fully saturated rings. The molecule has 1 saturated carbocycles. The fraction of sp³-hybridized carbons (Fsp3) is 0.143. The Balaban J connectivity index is 1.55. The van der Waals surface area contributed by atoms with E-state index in [9.17, 15) is 13.2 Å². The molecular weight excluding hydrogens is 396 g/mol. The molecule has 3 aromatic rings. The summed E-state index contributed by atoms with van der Waals surface area (Å²) in [5, 5.41) is 3.56. The van der Waals surface area contributed by atoms with E-state index < -0.39 is 16.1 Å². The number of anilines is 1. The van der Waals surface area contributed by atoms with Crippen LogP contribution in [-0.4, -0.2) is 19.3 Å². The molecule has 0 bridgehead atoms. The number of pyridine rings is 1. The normalized spacial score (nSPS) is 14.6. The average Bonchev–Trinajstić information content (AvgIpc) is 3.51. The number of benzene rings is 2. The first-order valence-corrected chi connectivity index (χ1v) is 10.3. The summed E-state index contributed by atoms with van der Waals surface area (Å²) in [6, 6.07) is 19.2. The fourth-order valence-electron chi connectivity index (χ4n) is 3.20. The number of hydrogen-bond donors (Lipinski definition) is 2. The summed E-state index contributed by atoms with van der Waals surface area (Å²) in [5.41, 5.74) is 1.86. The van der Waals surface area contributed by atoms with Gasteiger partial charge in [0.1, 0.15) is 5.82 Å². The molecule has 7 heteroatoms. The van der Waals surface area contributed by atoms with Crippen LogP contribution in [0.1, 0.15) is 18.4 Å². The minimum absolute atomic E-state index is 0.0850. The predicted octanol–water partition coefficient (Wildman–Crippen LogP) is 4.04. The number of nitrogens with zero attached hydrogens (tertiary/aromatic N) is 1. The zero-order valence-corrected chi connectivity index (χ0v) is 16.4. The van der Waals surface area contributed by atoms with Crippen LogP contribution in [0.2, 0.25) is 5.02 Å². The average molecular weight is 413 g/mol. The van der Waals surface area contributed by atoms with Gasteiger partial charge in [0.05, 0.1) is 16.0 Å². The Bertz CT molecular complexity index is 1100. The van der Waals surface area contributed by atoms with E-state index in [1.54, 1.807) is 30.3 Å². The van der Waals surface area contributed by atoms with Crippen molar-refractivity contribution in [3.05, 3.63) is 77.3 Å². The van der Waals surface area contributed by atoms with E-state index >= 15 is 0 Å². The third-order valence-electron chi connectivity index (χ3n) is 4.95. The number of nitrogens with one attached hydrogen (secondary N) is 1. The second kappa shape index (κ2) is 7.37. The lowest BCUT2D eigenvalue weighted by Crippen LogP contribution is -2.28. The maximum atomic E-state index is 12.9. The molecule has 1 aliphatic carbocycles. The van der Waals surface area contributed by atoms with Gasteiger partial charge < -0.3 is 5.32 Å². The summed E-state index contributed by atoms with van der Waals surface area (Å²) < 4.78 is 22.1. The smallest absolute Gasteiger partial charge is 0.236 e.